The molecule has 2 heterocycles. The fourth-order valence-corrected chi connectivity index (χ4v) is 2.06. The van der Waals surface area contributed by atoms with Crippen LogP contribution in [-0.2, 0) is 18.2 Å². The highest BCUT2D eigenvalue weighted by Gasteiger charge is 2.27. The molecule has 1 saturated heterocycles. The molecule has 1 aliphatic rings. The van der Waals surface area contributed by atoms with Gasteiger partial charge in [-0.05, 0) is 6.42 Å². The first-order chi connectivity index (χ1) is 8.65. The van der Waals surface area contributed by atoms with Crippen LogP contribution in [0.15, 0.2) is 6.20 Å². The van der Waals surface area contributed by atoms with E-state index in [1.165, 1.54) is 0 Å². The fourth-order valence-electron chi connectivity index (χ4n) is 2.06. The molecule has 96 valence electrons. The van der Waals surface area contributed by atoms with Crippen molar-refractivity contribution >= 4 is 5.91 Å². The third-order valence-electron chi connectivity index (χ3n) is 2.97. The topological polar surface area (TPSA) is 71.2 Å². The van der Waals surface area contributed by atoms with Gasteiger partial charge in [0.15, 0.2) is 6.10 Å². The summed E-state index contributed by atoms with van der Waals surface area (Å²) in [6.45, 7) is 3.23. The zero-order valence-electron chi connectivity index (χ0n) is 10.6. The van der Waals surface area contributed by atoms with E-state index in [1.807, 2.05) is 13.0 Å². The first-order valence-corrected chi connectivity index (χ1v) is 5.98. The normalized spacial score (nSPS) is 19.6. The lowest BCUT2D eigenvalue weighted by atomic mass is 10.1. The standard InChI is InChI=1S/C12H16N4O2/c1-3-11-10(8-15(2)14-11)12(17)16-4-5-18-9(6-13)7-16/h8-9H,3-5,7H2,1-2H3. The summed E-state index contributed by atoms with van der Waals surface area (Å²) in [6.07, 6.45) is 1.93. The predicted octanol–water partition coefficient (Wildman–Crippen LogP) is 0.347. The summed E-state index contributed by atoms with van der Waals surface area (Å²) in [6, 6.07) is 2.04. The summed E-state index contributed by atoms with van der Waals surface area (Å²) in [4.78, 5) is 14.0. The van der Waals surface area contributed by atoms with Gasteiger partial charge in [0.25, 0.3) is 5.91 Å². The summed E-state index contributed by atoms with van der Waals surface area (Å²) in [5.74, 6) is -0.0662. The van der Waals surface area contributed by atoms with Crippen LogP contribution < -0.4 is 0 Å². The zero-order valence-corrected chi connectivity index (χ0v) is 10.6. The van der Waals surface area contributed by atoms with Gasteiger partial charge in [-0.15, -0.1) is 0 Å². The Morgan fingerprint density at radius 3 is 3.17 bits per heavy atom. The molecule has 0 spiro atoms. The molecule has 1 fully saturated rings. The van der Waals surface area contributed by atoms with Gasteiger partial charge >= 0.3 is 0 Å². The second kappa shape index (κ2) is 5.19. The molecule has 2 rings (SSSR count). The van der Waals surface area contributed by atoms with E-state index in [9.17, 15) is 4.79 Å². The molecule has 1 aromatic heterocycles. The minimum atomic E-state index is -0.524. The lowest BCUT2D eigenvalue weighted by molar-refractivity contribution is 0.00341. The Morgan fingerprint density at radius 1 is 1.72 bits per heavy atom. The smallest absolute Gasteiger partial charge is 0.257 e. The molecule has 0 aromatic carbocycles. The molecule has 6 nitrogen and oxygen atoms in total. The van der Waals surface area contributed by atoms with Crippen molar-refractivity contribution in [3.63, 3.8) is 0 Å². The van der Waals surface area contributed by atoms with Crippen LogP contribution in [0, 0.1) is 11.3 Å². The van der Waals surface area contributed by atoms with E-state index in [2.05, 4.69) is 5.10 Å². The largest absolute Gasteiger partial charge is 0.360 e. The molecule has 6 heteroatoms. The monoisotopic (exact) mass is 248 g/mol. The second-order valence-corrected chi connectivity index (χ2v) is 4.26. The number of nitriles is 1. The zero-order chi connectivity index (χ0) is 13.1. The number of hydrogen-bond donors (Lipinski definition) is 0. The highest BCUT2D eigenvalue weighted by molar-refractivity contribution is 5.95. The number of rotatable bonds is 2. The Kier molecular flexibility index (Phi) is 3.63. The number of carbonyl (C=O) groups is 1. The Bertz CT molecular complexity index is 489. The number of morpholine rings is 1. The van der Waals surface area contributed by atoms with Crippen LogP contribution >= 0.6 is 0 Å². The van der Waals surface area contributed by atoms with Crippen molar-refractivity contribution < 1.29 is 9.53 Å². The summed E-state index contributed by atoms with van der Waals surface area (Å²) in [5.41, 5.74) is 1.42. The molecule has 0 radical (unpaired) electrons. The first kappa shape index (κ1) is 12.6. The number of carbonyl (C=O) groups excluding carboxylic acids is 1. The summed E-state index contributed by atoms with van der Waals surface area (Å²) >= 11 is 0. The molecule has 18 heavy (non-hydrogen) atoms. The average molecular weight is 248 g/mol. The fraction of sp³-hybridized carbons (Fsp3) is 0.583. The predicted molar refractivity (Wildman–Crippen MR) is 63.8 cm³/mol. The van der Waals surface area contributed by atoms with Crippen LogP contribution in [0.5, 0.6) is 0 Å². The van der Waals surface area contributed by atoms with Gasteiger partial charge in [0.05, 0.1) is 30.5 Å². The minimum absolute atomic E-state index is 0.0662. The molecule has 1 aromatic rings. The first-order valence-electron chi connectivity index (χ1n) is 5.98. The molecule has 1 amide bonds. The number of amides is 1. The van der Waals surface area contributed by atoms with Gasteiger partial charge in [0.2, 0.25) is 0 Å². The van der Waals surface area contributed by atoms with Crippen molar-refractivity contribution in [3.05, 3.63) is 17.5 Å². The highest BCUT2D eigenvalue weighted by Crippen LogP contribution is 2.13. The lowest BCUT2D eigenvalue weighted by Crippen LogP contribution is -2.45. The second-order valence-electron chi connectivity index (χ2n) is 4.26. The van der Waals surface area contributed by atoms with Crippen LogP contribution in [0.4, 0.5) is 0 Å². The van der Waals surface area contributed by atoms with Crippen LogP contribution in [0.2, 0.25) is 0 Å². The molecule has 0 N–H and O–H groups in total. The highest BCUT2D eigenvalue weighted by atomic mass is 16.5. The van der Waals surface area contributed by atoms with Gasteiger partial charge in [-0.1, -0.05) is 6.92 Å². The summed E-state index contributed by atoms with van der Waals surface area (Å²) < 4.78 is 6.88. The van der Waals surface area contributed by atoms with Gasteiger partial charge in [-0.3, -0.25) is 9.48 Å². The van der Waals surface area contributed by atoms with Crippen molar-refractivity contribution in [1.29, 1.82) is 5.26 Å². The lowest BCUT2D eigenvalue weighted by Gasteiger charge is -2.29. The van der Waals surface area contributed by atoms with Crippen molar-refractivity contribution in [3.8, 4) is 6.07 Å². The van der Waals surface area contributed by atoms with Gasteiger partial charge in [-0.25, -0.2) is 0 Å². The van der Waals surface area contributed by atoms with E-state index >= 15 is 0 Å². The molecular formula is C12H16N4O2. The van der Waals surface area contributed by atoms with Gasteiger partial charge in [-0.2, -0.15) is 10.4 Å². The number of nitrogens with zero attached hydrogens (tertiary/aromatic N) is 4. The molecule has 0 saturated carbocycles. The Hall–Kier alpha value is -1.87. The molecule has 1 atom stereocenters. The molecular weight excluding hydrogens is 232 g/mol. The maximum absolute atomic E-state index is 12.4. The van der Waals surface area contributed by atoms with E-state index < -0.39 is 6.10 Å². The van der Waals surface area contributed by atoms with E-state index in [0.717, 1.165) is 5.69 Å². The van der Waals surface area contributed by atoms with Gasteiger partial charge in [0, 0.05) is 19.8 Å². The summed E-state index contributed by atoms with van der Waals surface area (Å²) in [7, 11) is 1.80. The minimum Gasteiger partial charge on any atom is -0.360 e. The maximum Gasteiger partial charge on any atom is 0.257 e. The van der Waals surface area contributed by atoms with Gasteiger partial charge < -0.3 is 9.64 Å². The summed E-state index contributed by atoms with van der Waals surface area (Å²) in [5, 5.41) is 13.1. The van der Waals surface area contributed by atoms with E-state index in [4.69, 9.17) is 10.00 Å². The third-order valence-corrected chi connectivity index (χ3v) is 2.97. The number of aryl methyl sites for hydroxylation is 2. The molecule has 1 unspecified atom stereocenters. The van der Waals surface area contributed by atoms with Crippen molar-refractivity contribution in [1.82, 2.24) is 14.7 Å². The van der Waals surface area contributed by atoms with Crippen LogP contribution in [0.25, 0.3) is 0 Å². The van der Waals surface area contributed by atoms with Crippen LogP contribution in [0.1, 0.15) is 23.0 Å². The van der Waals surface area contributed by atoms with E-state index in [-0.39, 0.29) is 5.91 Å². The molecule has 0 aliphatic carbocycles. The third kappa shape index (κ3) is 2.36. The van der Waals surface area contributed by atoms with E-state index in [0.29, 0.717) is 31.7 Å². The van der Waals surface area contributed by atoms with Crippen molar-refractivity contribution in [2.45, 2.75) is 19.4 Å². The molecule has 1 aliphatic heterocycles. The number of hydrogen-bond acceptors (Lipinski definition) is 4. The SMILES string of the molecule is CCc1nn(C)cc1C(=O)N1CCOC(C#N)C1. The maximum atomic E-state index is 12.4. The van der Waals surface area contributed by atoms with E-state index in [1.54, 1.807) is 22.8 Å². The molecule has 0 bridgehead atoms. The van der Waals surface area contributed by atoms with Crippen molar-refractivity contribution in [2.24, 2.45) is 7.05 Å². The van der Waals surface area contributed by atoms with Crippen LogP contribution in [0.3, 0.4) is 0 Å². The number of ether oxygens (including phenoxy) is 1. The Labute approximate surface area is 106 Å². The van der Waals surface area contributed by atoms with Gasteiger partial charge in [0.1, 0.15) is 0 Å². The van der Waals surface area contributed by atoms with Crippen molar-refractivity contribution in [2.75, 3.05) is 19.7 Å². The number of aromatic nitrogens is 2. The average Bonchev–Trinajstić information content (AvgIpc) is 2.79. The van der Waals surface area contributed by atoms with Crippen LogP contribution in [-0.4, -0.2) is 46.4 Å². The Balaban J connectivity index is 2.18. The Morgan fingerprint density at radius 2 is 2.50 bits per heavy atom. The quantitative estimate of drug-likeness (QED) is 0.757.